The van der Waals surface area contributed by atoms with Crippen LogP contribution in [0.4, 0.5) is 15.8 Å². The standard InChI is InChI=1S/C12H12ClFN2S/c1-7(12-3-2-4-17-12)16-11-5-8(13)9(14)6-10(11)15/h2-7,16H,15H2,1H3. The molecule has 0 aliphatic heterocycles. The Morgan fingerprint density at radius 3 is 2.88 bits per heavy atom. The van der Waals surface area contributed by atoms with E-state index in [2.05, 4.69) is 5.32 Å². The Bertz CT molecular complexity index is 513. The lowest BCUT2D eigenvalue weighted by atomic mass is 10.2. The first-order valence-corrected chi connectivity index (χ1v) is 6.38. The molecule has 0 aliphatic carbocycles. The van der Waals surface area contributed by atoms with Crippen LogP contribution >= 0.6 is 22.9 Å². The number of rotatable bonds is 3. The molecule has 0 amide bonds. The highest BCUT2D eigenvalue weighted by atomic mass is 35.5. The summed E-state index contributed by atoms with van der Waals surface area (Å²) >= 11 is 7.38. The molecule has 2 aromatic rings. The van der Waals surface area contributed by atoms with Crippen molar-refractivity contribution in [2.45, 2.75) is 13.0 Å². The molecule has 0 saturated carbocycles. The van der Waals surface area contributed by atoms with Gasteiger partial charge in [0, 0.05) is 10.9 Å². The summed E-state index contributed by atoms with van der Waals surface area (Å²) in [7, 11) is 0. The fourth-order valence-corrected chi connectivity index (χ4v) is 2.43. The van der Waals surface area contributed by atoms with Crippen LogP contribution in [0.15, 0.2) is 29.6 Å². The van der Waals surface area contributed by atoms with E-state index in [9.17, 15) is 4.39 Å². The lowest BCUT2D eigenvalue weighted by Crippen LogP contribution is -2.07. The molecular formula is C12H12ClFN2S. The third-order valence-corrected chi connectivity index (χ3v) is 3.78. The molecule has 1 aromatic heterocycles. The Labute approximate surface area is 108 Å². The monoisotopic (exact) mass is 270 g/mol. The van der Waals surface area contributed by atoms with Gasteiger partial charge in [-0.2, -0.15) is 0 Å². The second kappa shape index (κ2) is 4.94. The summed E-state index contributed by atoms with van der Waals surface area (Å²) in [6.45, 7) is 2.02. The van der Waals surface area contributed by atoms with Gasteiger partial charge in [-0.25, -0.2) is 4.39 Å². The first kappa shape index (κ1) is 12.2. The Balaban J connectivity index is 2.22. The average molecular weight is 271 g/mol. The molecule has 1 heterocycles. The molecule has 5 heteroatoms. The van der Waals surface area contributed by atoms with E-state index in [1.54, 1.807) is 11.3 Å². The van der Waals surface area contributed by atoms with Crippen LogP contribution in [0.25, 0.3) is 0 Å². The molecule has 3 N–H and O–H groups in total. The van der Waals surface area contributed by atoms with Crippen molar-refractivity contribution in [3.05, 3.63) is 45.4 Å². The number of thiophene rings is 1. The zero-order valence-corrected chi connectivity index (χ0v) is 10.8. The Kier molecular flexibility index (Phi) is 3.54. The zero-order chi connectivity index (χ0) is 12.4. The van der Waals surface area contributed by atoms with Gasteiger partial charge in [0.05, 0.1) is 22.4 Å². The van der Waals surface area contributed by atoms with Crippen LogP contribution in [0.1, 0.15) is 17.8 Å². The van der Waals surface area contributed by atoms with E-state index in [1.165, 1.54) is 17.0 Å². The summed E-state index contributed by atoms with van der Waals surface area (Å²) in [6.07, 6.45) is 0. The fraction of sp³-hybridized carbons (Fsp3) is 0.167. The molecule has 1 atom stereocenters. The molecule has 90 valence electrons. The number of nitrogens with two attached hydrogens (primary N) is 1. The lowest BCUT2D eigenvalue weighted by molar-refractivity contribution is 0.629. The van der Waals surface area contributed by atoms with Crippen molar-refractivity contribution in [1.29, 1.82) is 0 Å². The maximum atomic E-state index is 13.1. The van der Waals surface area contributed by atoms with Crippen molar-refractivity contribution in [3.63, 3.8) is 0 Å². The van der Waals surface area contributed by atoms with E-state index in [0.29, 0.717) is 11.4 Å². The van der Waals surface area contributed by atoms with E-state index < -0.39 is 5.82 Å². The topological polar surface area (TPSA) is 38.0 Å². The third kappa shape index (κ3) is 2.70. The third-order valence-electron chi connectivity index (χ3n) is 2.43. The van der Waals surface area contributed by atoms with Gasteiger partial charge < -0.3 is 11.1 Å². The summed E-state index contributed by atoms with van der Waals surface area (Å²) < 4.78 is 13.1. The molecule has 0 spiro atoms. The number of anilines is 2. The van der Waals surface area contributed by atoms with Crippen molar-refractivity contribution < 1.29 is 4.39 Å². The predicted octanol–water partition coefficient (Wildman–Crippen LogP) is 4.30. The van der Waals surface area contributed by atoms with Crippen LogP contribution in [-0.2, 0) is 0 Å². The second-order valence-corrected chi connectivity index (χ2v) is 5.12. The van der Waals surface area contributed by atoms with Gasteiger partial charge in [-0.1, -0.05) is 17.7 Å². The fourth-order valence-electron chi connectivity index (χ4n) is 1.53. The Morgan fingerprint density at radius 1 is 1.47 bits per heavy atom. The van der Waals surface area contributed by atoms with Crippen molar-refractivity contribution in [3.8, 4) is 0 Å². The summed E-state index contributed by atoms with van der Waals surface area (Å²) in [5.41, 5.74) is 6.74. The van der Waals surface area contributed by atoms with Crippen LogP contribution in [0.3, 0.4) is 0 Å². The largest absolute Gasteiger partial charge is 0.397 e. The summed E-state index contributed by atoms with van der Waals surface area (Å²) in [5.74, 6) is -0.501. The van der Waals surface area contributed by atoms with Crippen molar-refractivity contribution >= 4 is 34.3 Å². The van der Waals surface area contributed by atoms with E-state index in [0.717, 1.165) is 0 Å². The molecule has 1 aromatic carbocycles. The van der Waals surface area contributed by atoms with Crippen molar-refractivity contribution in [2.75, 3.05) is 11.1 Å². The molecule has 0 saturated heterocycles. The van der Waals surface area contributed by atoms with Gasteiger partial charge >= 0.3 is 0 Å². The highest BCUT2D eigenvalue weighted by molar-refractivity contribution is 7.10. The summed E-state index contributed by atoms with van der Waals surface area (Å²) in [4.78, 5) is 1.19. The molecular weight excluding hydrogens is 259 g/mol. The van der Waals surface area contributed by atoms with E-state index in [1.807, 2.05) is 24.4 Å². The average Bonchev–Trinajstić information content (AvgIpc) is 2.79. The predicted molar refractivity (Wildman–Crippen MR) is 72.2 cm³/mol. The van der Waals surface area contributed by atoms with Crippen molar-refractivity contribution in [2.24, 2.45) is 0 Å². The molecule has 2 rings (SSSR count). The highest BCUT2D eigenvalue weighted by Crippen LogP contribution is 2.30. The van der Waals surface area contributed by atoms with Gasteiger partial charge in [0.25, 0.3) is 0 Å². The lowest BCUT2D eigenvalue weighted by Gasteiger charge is -2.16. The van der Waals surface area contributed by atoms with Gasteiger partial charge in [-0.05, 0) is 24.4 Å². The summed E-state index contributed by atoms with van der Waals surface area (Å²) in [5, 5.41) is 5.29. The summed E-state index contributed by atoms with van der Waals surface area (Å²) in [6, 6.07) is 6.86. The van der Waals surface area contributed by atoms with Gasteiger partial charge in [0.1, 0.15) is 5.82 Å². The second-order valence-electron chi connectivity index (χ2n) is 3.74. The SMILES string of the molecule is CC(Nc1cc(Cl)c(F)cc1N)c1cccs1. The minimum Gasteiger partial charge on any atom is -0.397 e. The molecule has 0 fully saturated rings. The maximum Gasteiger partial charge on any atom is 0.143 e. The van der Waals surface area contributed by atoms with E-state index >= 15 is 0 Å². The van der Waals surface area contributed by atoms with Crippen LogP contribution < -0.4 is 11.1 Å². The van der Waals surface area contributed by atoms with E-state index in [4.69, 9.17) is 17.3 Å². The number of nitrogens with one attached hydrogen (secondary N) is 1. The van der Waals surface area contributed by atoms with Crippen LogP contribution in [0.2, 0.25) is 5.02 Å². The Hall–Kier alpha value is -1.26. The van der Waals surface area contributed by atoms with Crippen LogP contribution in [-0.4, -0.2) is 0 Å². The number of hydrogen-bond acceptors (Lipinski definition) is 3. The molecule has 0 bridgehead atoms. The van der Waals surface area contributed by atoms with Crippen LogP contribution in [0.5, 0.6) is 0 Å². The molecule has 17 heavy (non-hydrogen) atoms. The van der Waals surface area contributed by atoms with Crippen LogP contribution in [0, 0.1) is 5.82 Å². The van der Waals surface area contributed by atoms with E-state index in [-0.39, 0.29) is 11.1 Å². The zero-order valence-electron chi connectivity index (χ0n) is 9.21. The van der Waals surface area contributed by atoms with Gasteiger partial charge in [0.2, 0.25) is 0 Å². The van der Waals surface area contributed by atoms with Gasteiger partial charge in [-0.15, -0.1) is 11.3 Å². The van der Waals surface area contributed by atoms with Gasteiger partial charge in [0.15, 0.2) is 0 Å². The maximum absolute atomic E-state index is 13.1. The number of benzene rings is 1. The molecule has 2 nitrogen and oxygen atoms in total. The van der Waals surface area contributed by atoms with Gasteiger partial charge in [-0.3, -0.25) is 0 Å². The number of nitrogen functional groups attached to an aromatic ring is 1. The quantitative estimate of drug-likeness (QED) is 0.816. The van der Waals surface area contributed by atoms with Crippen molar-refractivity contribution in [1.82, 2.24) is 0 Å². The highest BCUT2D eigenvalue weighted by Gasteiger charge is 2.10. The molecule has 1 unspecified atom stereocenters. The number of halogens is 2. The Morgan fingerprint density at radius 2 is 2.24 bits per heavy atom. The molecule has 0 radical (unpaired) electrons. The first-order chi connectivity index (χ1) is 8.08. The normalized spacial score (nSPS) is 12.4. The first-order valence-electron chi connectivity index (χ1n) is 5.12. The molecule has 0 aliphatic rings. The number of hydrogen-bond donors (Lipinski definition) is 2. The smallest absolute Gasteiger partial charge is 0.143 e. The minimum absolute atomic E-state index is 0.0695. The minimum atomic E-state index is -0.501.